The van der Waals surface area contributed by atoms with E-state index in [9.17, 15) is 14.0 Å². The number of aromatic nitrogens is 2. The van der Waals surface area contributed by atoms with Crippen molar-refractivity contribution >= 4 is 22.9 Å². The van der Waals surface area contributed by atoms with Crippen molar-refractivity contribution in [3.05, 3.63) is 84.3 Å². The van der Waals surface area contributed by atoms with Crippen LogP contribution in [-0.4, -0.2) is 58.0 Å². The monoisotopic (exact) mass is 588 g/mol. The molecule has 1 N–H and O–H groups in total. The van der Waals surface area contributed by atoms with Crippen LogP contribution in [0.15, 0.2) is 72.9 Å². The standard InChI is InChI=1S/C33H37FN4O5/c1-21(36-31(39)29-10-7-17-37(29)32(40)43-33(2,3)4)30(22-8-6-9-26(18-22)41-5)42-27-15-16-28-23(19-27)20-35-38(28)25-13-11-24(34)12-14-25/h6,8-9,11-16,18-21,29-30H,7,10,17H2,1-5H3,(H,36,39)/t21-,29+,30-/m0/s1. The van der Waals surface area contributed by atoms with E-state index in [-0.39, 0.29) is 11.7 Å². The lowest BCUT2D eigenvalue weighted by molar-refractivity contribution is -0.126. The van der Waals surface area contributed by atoms with Gasteiger partial charge in [-0.15, -0.1) is 0 Å². The number of benzene rings is 3. The van der Waals surface area contributed by atoms with E-state index in [1.165, 1.54) is 17.0 Å². The summed E-state index contributed by atoms with van der Waals surface area (Å²) < 4.78 is 32.7. The minimum absolute atomic E-state index is 0.261. The fraction of sp³-hybridized carbons (Fsp3) is 0.364. The number of hydrogen-bond acceptors (Lipinski definition) is 6. The molecule has 5 rings (SSSR count). The number of nitrogens with one attached hydrogen (secondary N) is 1. The SMILES string of the molecule is COc1cccc([C@@H](Oc2ccc3c(cnn3-c3ccc(F)cc3)c2)[C@H](C)NC(=O)[C@H]2CCCN2C(=O)OC(C)(C)C)c1. The zero-order valence-electron chi connectivity index (χ0n) is 25.0. The van der Waals surface area contributed by atoms with Crippen molar-refractivity contribution < 1.29 is 28.2 Å². The van der Waals surface area contributed by atoms with Gasteiger partial charge in [-0.05, 0) is 101 Å². The number of carbonyl (C=O) groups is 2. The molecule has 226 valence electrons. The van der Waals surface area contributed by atoms with Crippen LogP contribution in [0.1, 0.15) is 52.2 Å². The lowest BCUT2D eigenvalue weighted by Crippen LogP contribution is -2.50. The van der Waals surface area contributed by atoms with Crippen LogP contribution in [0.5, 0.6) is 11.5 Å². The van der Waals surface area contributed by atoms with Crippen LogP contribution < -0.4 is 14.8 Å². The summed E-state index contributed by atoms with van der Waals surface area (Å²) in [6.07, 6.45) is 1.92. The van der Waals surface area contributed by atoms with Gasteiger partial charge in [-0.3, -0.25) is 9.69 Å². The number of amides is 2. The summed E-state index contributed by atoms with van der Waals surface area (Å²) in [4.78, 5) is 27.8. The topological polar surface area (TPSA) is 94.9 Å². The van der Waals surface area contributed by atoms with Crippen molar-refractivity contribution in [2.45, 2.75) is 64.3 Å². The third-order valence-corrected chi connectivity index (χ3v) is 7.30. The second kappa shape index (κ2) is 12.3. The molecule has 1 fully saturated rings. The molecule has 3 atom stereocenters. The van der Waals surface area contributed by atoms with E-state index in [0.717, 1.165) is 22.2 Å². The lowest BCUT2D eigenvalue weighted by Gasteiger charge is -2.31. The number of carbonyl (C=O) groups excluding carboxylic acids is 2. The van der Waals surface area contributed by atoms with Crippen molar-refractivity contribution in [3.8, 4) is 17.2 Å². The second-order valence-corrected chi connectivity index (χ2v) is 11.7. The van der Waals surface area contributed by atoms with Crippen LogP contribution in [0.4, 0.5) is 9.18 Å². The molecule has 1 aliphatic rings. The van der Waals surface area contributed by atoms with Gasteiger partial charge >= 0.3 is 6.09 Å². The van der Waals surface area contributed by atoms with Crippen LogP contribution >= 0.6 is 0 Å². The van der Waals surface area contributed by atoms with Gasteiger partial charge in [0.15, 0.2) is 0 Å². The molecule has 3 aromatic carbocycles. The summed E-state index contributed by atoms with van der Waals surface area (Å²) in [5, 5.41) is 8.41. The molecule has 1 saturated heterocycles. The first-order chi connectivity index (χ1) is 20.5. The highest BCUT2D eigenvalue weighted by Gasteiger charge is 2.38. The maximum atomic E-state index is 13.5. The minimum Gasteiger partial charge on any atom is -0.497 e. The molecule has 2 amide bonds. The first kappa shape index (κ1) is 29.9. The summed E-state index contributed by atoms with van der Waals surface area (Å²) in [5.41, 5.74) is 1.73. The number of rotatable bonds is 8. The van der Waals surface area contributed by atoms with Crippen LogP contribution in [0, 0.1) is 5.82 Å². The van der Waals surface area contributed by atoms with Crippen LogP contribution in [0.2, 0.25) is 0 Å². The maximum Gasteiger partial charge on any atom is 0.410 e. The fourth-order valence-electron chi connectivity index (χ4n) is 5.27. The van der Waals surface area contributed by atoms with Crippen molar-refractivity contribution in [1.82, 2.24) is 20.0 Å². The summed E-state index contributed by atoms with van der Waals surface area (Å²) in [6.45, 7) is 7.75. The van der Waals surface area contributed by atoms with E-state index in [1.807, 2.05) is 49.4 Å². The second-order valence-electron chi connectivity index (χ2n) is 11.7. The van der Waals surface area contributed by atoms with E-state index in [1.54, 1.807) is 50.9 Å². The zero-order chi connectivity index (χ0) is 30.7. The number of nitrogens with zero attached hydrogens (tertiary/aromatic N) is 3. The molecule has 0 aliphatic carbocycles. The number of ether oxygens (including phenoxy) is 3. The van der Waals surface area contributed by atoms with Gasteiger partial charge in [0, 0.05) is 11.9 Å². The van der Waals surface area contributed by atoms with Gasteiger partial charge in [0.1, 0.15) is 35.1 Å². The van der Waals surface area contributed by atoms with Gasteiger partial charge < -0.3 is 19.5 Å². The van der Waals surface area contributed by atoms with E-state index < -0.39 is 29.9 Å². The molecule has 1 aromatic heterocycles. The number of methoxy groups -OCH3 is 1. The quantitative estimate of drug-likeness (QED) is 0.264. The average Bonchev–Trinajstić information content (AvgIpc) is 3.63. The molecular weight excluding hydrogens is 551 g/mol. The largest absolute Gasteiger partial charge is 0.497 e. The Morgan fingerprint density at radius 3 is 2.53 bits per heavy atom. The highest BCUT2D eigenvalue weighted by molar-refractivity contribution is 5.86. The Morgan fingerprint density at radius 2 is 1.81 bits per heavy atom. The van der Waals surface area contributed by atoms with Crippen LogP contribution in [0.25, 0.3) is 16.6 Å². The van der Waals surface area contributed by atoms with E-state index in [4.69, 9.17) is 14.2 Å². The Morgan fingerprint density at radius 1 is 1.05 bits per heavy atom. The summed E-state index contributed by atoms with van der Waals surface area (Å²) >= 11 is 0. The molecular formula is C33H37FN4O5. The number of likely N-dealkylation sites (tertiary alicyclic amines) is 1. The Hall–Kier alpha value is -4.60. The Balaban J connectivity index is 1.38. The highest BCUT2D eigenvalue weighted by Crippen LogP contribution is 2.31. The van der Waals surface area contributed by atoms with Gasteiger partial charge in [0.05, 0.1) is 30.6 Å². The molecule has 0 spiro atoms. The predicted octanol–water partition coefficient (Wildman–Crippen LogP) is 6.20. The van der Waals surface area contributed by atoms with Crippen molar-refractivity contribution in [2.75, 3.05) is 13.7 Å². The van der Waals surface area contributed by atoms with E-state index in [0.29, 0.717) is 30.9 Å². The molecule has 0 radical (unpaired) electrons. The molecule has 1 aliphatic heterocycles. The smallest absolute Gasteiger partial charge is 0.410 e. The van der Waals surface area contributed by atoms with E-state index in [2.05, 4.69) is 10.4 Å². The maximum absolute atomic E-state index is 13.5. The van der Waals surface area contributed by atoms with Crippen LogP contribution in [0.3, 0.4) is 0 Å². The molecule has 0 bridgehead atoms. The summed E-state index contributed by atoms with van der Waals surface area (Å²) in [5.74, 6) is 0.665. The highest BCUT2D eigenvalue weighted by atomic mass is 19.1. The molecule has 43 heavy (non-hydrogen) atoms. The number of hydrogen-bond donors (Lipinski definition) is 1. The van der Waals surface area contributed by atoms with Gasteiger partial charge in [0.2, 0.25) is 5.91 Å². The van der Waals surface area contributed by atoms with Crippen molar-refractivity contribution in [1.29, 1.82) is 0 Å². The molecule has 0 unspecified atom stereocenters. The number of halogens is 1. The van der Waals surface area contributed by atoms with Gasteiger partial charge in [-0.2, -0.15) is 5.10 Å². The van der Waals surface area contributed by atoms with Gasteiger partial charge in [-0.25, -0.2) is 13.9 Å². The van der Waals surface area contributed by atoms with Gasteiger partial charge in [0.25, 0.3) is 0 Å². The predicted molar refractivity (Wildman–Crippen MR) is 161 cm³/mol. The third kappa shape index (κ3) is 6.90. The Kier molecular flexibility index (Phi) is 8.57. The van der Waals surface area contributed by atoms with Crippen molar-refractivity contribution in [3.63, 3.8) is 0 Å². The lowest BCUT2D eigenvalue weighted by atomic mass is 10.0. The molecule has 0 saturated carbocycles. The van der Waals surface area contributed by atoms with Crippen molar-refractivity contribution in [2.24, 2.45) is 0 Å². The molecule has 10 heteroatoms. The minimum atomic E-state index is -0.657. The Bertz CT molecular complexity index is 1600. The summed E-state index contributed by atoms with van der Waals surface area (Å²) in [7, 11) is 1.60. The third-order valence-electron chi connectivity index (χ3n) is 7.30. The Labute approximate surface area is 250 Å². The molecule has 9 nitrogen and oxygen atoms in total. The first-order valence-electron chi connectivity index (χ1n) is 14.4. The normalized spacial score (nSPS) is 16.5. The van der Waals surface area contributed by atoms with E-state index >= 15 is 0 Å². The molecule has 2 heterocycles. The molecule has 4 aromatic rings. The fourth-order valence-corrected chi connectivity index (χ4v) is 5.27. The zero-order valence-corrected chi connectivity index (χ0v) is 25.0. The van der Waals surface area contributed by atoms with Crippen LogP contribution in [-0.2, 0) is 9.53 Å². The number of fused-ring (bicyclic) bond motifs is 1. The summed E-state index contributed by atoms with van der Waals surface area (Å²) in [6, 6.07) is 18.2. The van der Waals surface area contributed by atoms with Gasteiger partial charge in [-0.1, -0.05) is 12.1 Å². The average molecular weight is 589 g/mol. The first-order valence-corrected chi connectivity index (χ1v) is 14.4.